The summed E-state index contributed by atoms with van der Waals surface area (Å²) in [5.41, 5.74) is 0.570. The third kappa shape index (κ3) is 1.57. The van der Waals surface area contributed by atoms with Gasteiger partial charge >= 0.3 is 0 Å². The number of fused-ring (bicyclic) bond motifs is 1. The fourth-order valence-corrected chi connectivity index (χ4v) is 3.42. The van der Waals surface area contributed by atoms with E-state index in [4.69, 9.17) is 16.9 Å². The first-order chi connectivity index (χ1) is 6.72. The molecule has 0 saturated carbocycles. The van der Waals surface area contributed by atoms with Gasteiger partial charge in [-0.3, -0.25) is 0 Å². The molecule has 0 aliphatic carbocycles. The van der Waals surface area contributed by atoms with E-state index in [1.807, 2.05) is 6.07 Å². The van der Waals surface area contributed by atoms with Gasteiger partial charge in [0.2, 0.25) is 0 Å². The van der Waals surface area contributed by atoms with Gasteiger partial charge in [-0.25, -0.2) is 0 Å². The Balaban J connectivity index is 2.56. The molecule has 0 aromatic carbocycles. The van der Waals surface area contributed by atoms with Gasteiger partial charge in [0.15, 0.2) is 0 Å². The number of allylic oxidation sites excluding steroid dienone is 1. The Morgan fingerprint density at radius 1 is 1.50 bits per heavy atom. The van der Waals surface area contributed by atoms with Gasteiger partial charge in [-0.2, -0.15) is 5.26 Å². The SMILES string of the molecule is C/C(C#N)=C(/Cl)c1cc2sccc2s1. The van der Waals surface area contributed by atoms with E-state index < -0.39 is 0 Å². The summed E-state index contributed by atoms with van der Waals surface area (Å²) < 4.78 is 2.46. The van der Waals surface area contributed by atoms with Crippen molar-refractivity contribution in [1.29, 1.82) is 5.26 Å². The lowest BCUT2D eigenvalue weighted by molar-refractivity contribution is 1.46. The quantitative estimate of drug-likeness (QED) is 0.675. The largest absolute Gasteiger partial charge is 0.193 e. The summed E-state index contributed by atoms with van der Waals surface area (Å²) >= 11 is 9.37. The number of nitrogens with zero attached hydrogens (tertiary/aromatic N) is 1. The lowest BCUT2D eigenvalue weighted by atomic mass is 10.3. The van der Waals surface area contributed by atoms with Crippen LogP contribution >= 0.6 is 34.3 Å². The van der Waals surface area contributed by atoms with Gasteiger partial charge in [-0.1, -0.05) is 11.6 Å². The highest BCUT2D eigenvalue weighted by Crippen LogP contribution is 2.36. The third-order valence-electron chi connectivity index (χ3n) is 1.85. The predicted octanol–water partition coefficient (Wildman–Crippen LogP) is 4.46. The maximum absolute atomic E-state index is 8.71. The number of hydrogen-bond donors (Lipinski definition) is 0. The van der Waals surface area contributed by atoms with Crippen molar-refractivity contribution in [1.82, 2.24) is 0 Å². The Labute approximate surface area is 94.9 Å². The Bertz CT molecular complexity index is 513. The number of rotatable bonds is 1. The van der Waals surface area contributed by atoms with Crippen molar-refractivity contribution in [3.8, 4) is 6.07 Å². The van der Waals surface area contributed by atoms with Gasteiger partial charge < -0.3 is 0 Å². The molecule has 0 amide bonds. The molecule has 0 N–H and O–H groups in total. The molecule has 0 bridgehead atoms. The second-order valence-corrected chi connectivity index (χ2v) is 5.22. The number of thiophene rings is 2. The topological polar surface area (TPSA) is 23.8 Å². The fourth-order valence-electron chi connectivity index (χ4n) is 1.11. The number of halogens is 1. The highest BCUT2D eigenvalue weighted by atomic mass is 35.5. The third-order valence-corrected chi connectivity index (χ3v) is 4.56. The smallest absolute Gasteiger partial charge is 0.0960 e. The standard InChI is InChI=1S/C10H6ClNS2/c1-6(5-12)10(11)9-4-8-7(14-9)2-3-13-8/h2-4H,1H3/b10-6-. The van der Waals surface area contributed by atoms with Gasteiger partial charge in [-0.05, 0) is 24.4 Å². The van der Waals surface area contributed by atoms with E-state index in [9.17, 15) is 0 Å². The Morgan fingerprint density at radius 3 is 2.93 bits per heavy atom. The van der Waals surface area contributed by atoms with E-state index >= 15 is 0 Å². The van der Waals surface area contributed by atoms with Crippen LogP contribution in [0.15, 0.2) is 23.1 Å². The molecule has 0 unspecified atom stereocenters. The van der Waals surface area contributed by atoms with Crippen LogP contribution < -0.4 is 0 Å². The molecule has 70 valence electrons. The average molecular weight is 240 g/mol. The maximum atomic E-state index is 8.71. The zero-order valence-electron chi connectivity index (χ0n) is 7.37. The van der Waals surface area contributed by atoms with Gasteiger partial charge in [0, 0.05) is 19.9 Å². The van der Waals surface area contributed by atoms with Gasteiger partial charge in [-0.15, -0.1) is 22.7 Å². The first-order valence-electron chi connectivity index (χ1n) is 3.96. The molecular weight excluding hydrogens is 234 g/mol. The summed E-state index contributed by atoms with van der Waals surface area (Å²) in [6, 6.07) is 6.16. The van der Waals surface area contributed by atoms with Gasteiger partial charge in [0.1, 0.15) is 0 Å². The van der Waals surface area contributed by atoms with Crippen molar-refractivity contribution >= 4 is 48.7 Å². The van der Waals surface area contributed by atoms with Crippen molar-refractivity contribution < 1.29 is 0 Å². The molecule has 0 atom stereocenters. The molecule has 0 radical (unpaired) electrons. The molecule has 2 rings (SSSR count). The average Bonchev–Trinajstić information content (AvgIpc) is 2.74. The first kappa shape index (κ1) is 9.72. The van der Waals surface area contributed by atoms with E-state index in [1.165, 1.54) is 9.40 Å². The molecule has 0 aliphatic heterocycles. The molecule has 2 heterocycles. The highest BCUT2D eigenvalue weighted by molar-refractivity contribution is 7.27. The normalized spacial score (nSPS) is 12.6. The van der Waals surface area contributed by atoms with Gasteiger partial charge in [0.05, 0.1) is 11.1 Å². The lowest BCUT2D eigenvalue weighted by Gasteiger charge is -1.93. The van der Waals surface area contributed by atoms with Crippen LogP contribution in [-0.2, 0) is 0 Å². The molecule has 0 spiro atoms. The van der Waals surface area contributed by atoms with Crippen LogP contribution in [0.1, 0.15) is 11.8 Å². The van der Waals surface area contributed by atoms with E-state index in [0.29, 0.717) is 10.6 Å². The summed E-state index contributed by atoms with van der Waals surface area (Å²) in [7, 11) is 0. The summed E-state index contributed by atoms with van der Waals surface area (Å²) in [6.07, 6.45) is 0. The van der Waals surface area contributed by atoms with E-state index in [-0.39, 0.29) is 0 Å². The van der Waals surface area contributed by atoms with Crippen LogP contribution in [0.5, 0.6) is 0 Å². The highest BCUT2D eigenvalue weighted by Gasteiger charge is 2.08. The van der Waals surface area contributed by atoms with Crippen LogP contribution in [0.4, 0.5) is 0 Å². The number of hydrogen-bond acceptors (Lipinski definition) is 3. The van der Waals surface area contributed by atoms with Crippen molar-refractivity contribution in [2.24, 2.45) is 0 Å². The molecule has 2 aromatic rings. The summed E-state index contributed by atoms with van der Waals surface area (Å²) in [5, 5.41) is 11.3. The Morgan fingerprint density at radius 2 is 2.29 bits per heavy atom. The van der Waals surface area contributed by atoms with Crippen LogP contribution in [0, 0.1) is 11.3 Å². The van der Waals surface area contributed by atoms with Crippen molar-refractivity contribution in [3.05, 3.63) is 28.0 Å². The predicted molar refractivity (Wildman–Crippen MR) is 63.8 cm³/mol. The van der Waals surface area contributed by atoms with Gasteiger partial charge in [0.25, 0.3) is 0 Å². The summed E-state index contributed by atoms with van der Waals surface area (Å²) in [5.74, 6) is 0. The van der Waals surface area contributed by atoms with E-state index in [0.717, 1.165) is 4.88 Å². The second-order valence-electron chi connectivity index (χ2n) is 2.81. The Kier molecular flexibility index (Phi) is 2.60. The molecule has 1 nitrogen and oxygen atoms in total. The zero-order chi connectivity index (χ0) is 10.1. The van der Waals surface area contributed by atoms with Crippen LogP contribution in [0.25, 0.3) is 14.4 Å². The maximum Gasteiger partial charge on any atom is 0.0960 e. The van der Waals surface area contributed by atoms with Crippen LogP contribution in [-0.4, -0.2) is 0 Å². The monoisotopic (exact) mass is 239 g/mol. The second kappa shape index (κ2) is 3.74. The molecule has 0 aliphatic rings. The summed E-state index contributed by atoms with van der Waals surface area (Å²) in [4.78, 5) is 0.979. The molecule has 0 fully saturated rings. The minimum atomic E-state index is 0.570. The van der Waals surface area contributed by atoms with E-state index in [2.05, 4.69) is 17.5 Å². The molecule has 14 heavy (non-hydrogen) atoms. The van der Waals surface area contributed by atoms with Crippen molar-refractivity contribution in [2.75, 3.05) is 0 Å². The molecular formula is C10H6ClNS2. The minimum absolute atomic E-state index is 0.570. The zero-order valence-corrected chi connectivity index (χ0v) is 9.76. The minimum Gasteiger partial charge on any atom is -0.193 e. The lowest BCUT2D eigenvalue weighted by Crippen LogP contribution is -1.73. The van der Waals surface area contributed by atoms with E-state index in [1.54, 1.807) is 29.6 Å². The van der Waals surface area contributed by atoms with Crippen LogP contribution in [0.2, 0.25) is 0 Å². The fraction of sp³-hybridized carbons (Fsp3) is 0.100. The Hall–Kier alpha value is -0.820. The molecule has 4 heteroatoms. The van der Waals surface area contributed by atoms with Crippen LogP contribution in [0.3, 0.4) is 0 Å². The molecule has 2 aromatic heterocycles. The van der Waals surface area contributed by atoms with Crippen molar-refractivity contribution in [3.63, 3.8) is 0 Å². The van der Waals surface area contributed by atoms with Crippen molar-refractivity contribution in [2.45, 2.75) is 6.92 Å². The summed E-state index contributed by atoms with van der Waals surface area (Å²) in [6.45, 7) is 1.73. The number of nitriles is 1. The first-order valence-corrected chi connectivity index (χ1v) is 6.03. The molecule has 0 saturated heterocycles.